The van der Waals surface area contributed by atoms with Crippen LogP contribution in [-0.2, 0) is 19.4 Å². The highest BCUT2D eigenvalue weighted by Gasteiger charge is 2.29. The van der Waals surface area contributed by atoms with Gasteiger partial charge in [0.25, 0.3) is 11.5 Å². The third-order valence-corrected chi connectivity index (χ3v) is 7.85. The Hall–Kier alpha value is -3.28. The standard InChI is InChI=1S/C31H37N3O3/c1-21(2)19-22-8-10-23(11-9-22)29(35)24-14-17-33(18-15-24)30(36)25-12-13-26-27(20-25)32-28-7-5-3-4-6-16-34(28)31(26)37/h8-13,20-21,24H,3-7,14-19H2,1-2H3. The van der Waals surface area contributed by atoms with Gasteiger partial charge in [0.15, 0.2) is 5.78 Å². The Balaban J connectivity index is 1.26. The molecule has 0 atom stereocenters. The molecule has 0 N–H and O–H groups in total. The van der Waals surface area contributed by atoms with Gasteiger partial charge in [-0.15, -0.1) is 0 Å². The first-order chi connectivity index (χ1) is 17.9. The smallest absolute Gasteiger partial charge is 0.261 e. The summed E-state index contributed by atoms with van der Waals surface area (Å²) in [6, 6.07) is 13.3. The van der Waals surface area contributed by atoms with Gasteiger partial charge in [-0.1, -0.05) is 51.0 Å². The number of hydrogen-bond donors (Lipinski definition) is 0. The molecule has 6 nitrogen and oxygen atoms in total. The van der Waals surface area contributed by atoms with Crippen LogP contribution < -0.4 is 5.56 Å². The fraction of sp³-hybridized carbons (Fsp3) is 0.484. The Morgan fingerprint density at radius 3 is 2.35 bits per heavy atom. The molecule has 37 heavy (non-hydrogen) atoms. The fourth-order valence-electron chi connectivity index (χ4n) is 5.77. The summed E-state index contributed by atoms with van der Waals surface area (Å²) in [5, 5.41) is 0.574. The number of fused-ring (bicyclic) bond motifs is 2. The van der Waals surface area contributed by atoms with E-state index in [1.807, 2.05) is 21.6 Å². The van der Waals surface area contributed by atoms with Crippen molar-refractivity contribution in [1.82, 2.24) is 14.5 Å². The number of piperidine rings is 1. The van der Waals surface area contributed by atoms with Crippen LogP contribution in [0.2, 0.25) is 0 Å². The molecule has 1 fully saturated rings. The van der Waals surface area contributed by atoms with Gasteiger partial charge in [0, 0.05) is 43.1 Å². The van der Waals surface area contributed by atoms with Crippen molar-refractivity contribution in [2.45, 2.75) is 71.8 Å². The van der Waals surface area contributed by atoms with Gasteiger partial charge < -0.3 is 4.90 Å². The van der Waals surface area contributed by atoms with Crippen LogP contribution in [0.5, 0.6) is 0 Å². The van der Waals surface area contributed by atoms with Crippen molar-refractivity contribution in [3.8, 4) is 0 Å². The summed E-state index contributed by atoms with van der Waals surface area (Å²) < 4.78 is 1.82. The number of likely N-dealkylation sites (tertiary alicyclic amines) is 1. The second kappa shape index (κ2) is 11.0. The number of rotatable bonds is 5. The van der Waals surface area contributed by atoms with Crippen molar-refractivity contribution < 1.29 is 9.59 Å². The molecule has 0 radical (unpaired) electrons. The first-order valence-corrected chi connectivity index (χ1v) is 13.9. The first kappa shape index (κ1) is 25.4. The van der Waals surface area contributed by atoms with E-state index in [4.69, 9.17) is 4.98 Å². The van der Waals surface area contributed by atoms with Gasteiger partial charge >= 0.3 is 0 Å². The largest absolute Gasteiger partial charge is 0.339 e. The Morgan fingerprint density at radius 1 is 0.919 bits per heavy atom. The Bertz CT molecular complexity index is 1350. The number of carbonyl (C=O) groups excluding carboxylic acids is 2. The quantitative estimate of drug-likeness (QED) is 0.438. The van der Waals surface area contributed by atoms with Gasteiger partial charge in [0.1, 0.15) is 5.82 Å². The average Bonchev–Trinajstić information content (AvgIpc) is 2.89. The molecule has 2 aromatic carbocycles. The summed E-state index contributed by atoms with van der Waals surface area (Å²) in [6.45, 7) is 6.21. The molecule has 0 unspecified atom stereocenters. The molecule has 1 aromatic heterocycles. The van der Waals surface area contributed by atoms with E-state index in [1.165, 1.54) is 5.56 Å². The number of benzene rings is 2. The normalized spacial score (nSPS) is 16.9. The topological polar surface area (TPSA) is 72.3 Å². The number of amides is 1. The van der Waals surface area contributed by atoms with Gasteiger partial charge in [-0.3, -0.25) is 19.0 Å². The van der Waals surface area contributed by atoms with Crippen molar-refractivity contribution in [2.75, 3.05) is 13.1 Å². The zero-order valence-electron chi connectivity index (χ0n) is 22.0. The van der Waals surface area contributed by atoms with Crippen LogP contribution in [-0.4, -0.2) is 39.2 Å². The summed E-state index contributed by atoms with van der Waals surface area (Å²) >= 11 is 0. The third kappa shape index (κ3) is 5.53. The van der Waals surface area contributed by atoms with Crippen LogP contribution in [0.25, 0.3) is 10.9 Å². The summed E-state index contributed by atoms with van der Waals surface area (Å²) in [6.07, 6.45) is 7.48. The number of aromatic nitrogens is 2. The highest BCUT2D eigenvalue weighted by molar-refractivity contribution is 5.99. The van der Waals surface area contributed by atoms with Gasteiger partial charge in [0.2, 0.25) is 0 Å². The lowest BCUT2D eigenvalue weighted by atomic mass is 9.88. The molecule has 0 aliphatic carbocycles. The van der Waals surface area contributed by atoms with Crippen LogP contribution in [0.3, 0.4) is 0 Å². The molecule has 2 aliphatic rings. The zero-order valence-corrected chi connectivity index (χ0v) is 22.0. The number of nitrogens with zero attached hydrogens (tertiary/aromatic N) is 3. The van der Waals surface area contributed by atoms with Crippen LogP contribution in [0.4, 0.5) is 0 Å². The van der Waals surface area contributed by atoms with Crippen molar-refractivity contribution in [3.05, 3.63) is 75.3 Å². The molecule has 0 bridgehead atoms. The Kier molecular flexibility index (Phi) is 7.54. The first-order valence-electron chi connectivity index (χ1n) is 13.9. The maximum absolute atomic E-state index is 13.3. The highest BCUT2D eigenvalue weighted by atomic mass is 16.2. The van der Waals surface area contributed by atoms with E-state index in [2.05, 4.69) is 26.0 Å². The van der Waals surface area contributed by atoms with Crippen LogP contribution >= 0.6 is 0 Å². The molecule has 0 saturated carbocycles. The van der Waals surface area contributed by atoms with Crippen LogP contribution in [0.15, 0.2) is 47.3 Å². The molecular weight excluding hydrogens is 462 g/mol. The summed E-state index contributed by atoms with van der Waals surface area (Å²) in [4.78, 5) is 46.1. The van der Waals surface area contributed by atoms with Crippen molar-refractivity contribution in [3.63, 3.8) is 0 Å². The zero-order chi connectivity index (χ0) is 25.9. The van der Waals surface area contributed by atoms with Crippen molar-refractivity contribution in [2.24, 2.45) is 11.8 Å². The van der Waals surface area contributed by atoms with Crippen molar-refractivity contribution in [1.29, 1.82) is 0 Å². The number of ketones is 1. The van der Waals surface area contributed by atoms with Gasteiger partial charge in [0.05, 0.1) is 10.9 Å². The molecule has 5 rings (SSSR count). The van der Waals surface area contributed by atoms with E-state index in [1.54, 1.807) is 18.2 Å². The lowest BCUT2D eigenvalue weighted by Crippen LogP contribution is -2.40. The van der Waals surface area contributed by atoms with Crippen LogP contribution in [0.1, 0.15) is 84.5 Å². The molecule has 194 valence electrons. The number of hydrogen-bond acceptors (Lipinski definition) is 4. The van der Waals surface area contributed by atoms with E-state index >= 15 is 0 Å². The van der Waals surface area contributed by atoms with E-state index in [0.717, 1.165) is 49.9 Å². The summed E-state index contributed by atoms with van der Waals surface area (Å²) in [5.41, 5.74) is 3.18. The van der Waals surface area contributed by atoms with E-state index in [-0.39, 0.29) is 23.2 Å². The molecule has 2 aliphatic heterocycles. The highest BCUT2D eigenvalue weighted by Crippen LogP contribution is 2.24. The van der Waals surface area contributed by atoms with Crippen molar-refractivity contribution >= 4 is 22.6 Å². The molecule has 3 heterocycles. The Labute approximate surface area is 218 Å². The minimum atomic E-state index is -0.0575. The third-order valence-electron chi connectivity index (χ3n) is 7.85. The number of aryl methyl sites for hydroxylation is 1. The molecular formula is C31H37N3O3. The molecule has 6 heteroatoms. The van der Waals surface area contributed by atoms with Gasteiger partial charge in [-0.25, -0.2) is 4.98 Å². The fourth-order valence-corrected chi connectivity index (χ4v) is 5.77. The lowest BCUT2D eigenvalue weighted by Gasteiger charge is -2.31. The molecule has 3 aromatic rings. The maximum Gasteiger partial charge on any atom is 0.261 e. The minimum Gasteiger partial charge on any atom is -0.339 e. The van der Waals surface area contributed by atoms with Gasteiger partial charge in [-0.2, -0.15) is 0 Å². The summed E-state index contributed by atoms with van der Waals surface area (Å²) in [7, 11) is 0. The second-order valence-corrected chi connectivity index (χ2v) is 11.1. The van der Waals surface area contributed by atoms with E-state index < -0.39 is 0 Å². The molecule has 0 spiro atoms. The number of Topliss-reactive ketones (excluding diaryl/α,β-unsaturated/α-hetero) is 1. The summed E-state index contributed by atoms with van der Waals surface area (Å²) in [5.74, 6) is 1.48. The second-order valence-electron chi connectivity index (χ2n) is 11.1. The van der Waals surface area contributed by atoms with E-state index in [0.29, 0.717) is 54.9 Å². The maximum atomic E-state index is 13.3. The predicted octanol–water partition coefficient (Wildman–Crippen LogP) is 5.45. The number of carbonyl (C=O) groups is 2. The Morgan fingerprint density at radius 2 is 1.62 bits per heavy atom. The lowest BCUT2D eigenvalue weighted by molar-refractivity contribution is 0.0650. The molecule has 1 amide bonds. The minimum absolute atomic E-state index is 0.00235. The van der Waals surface area contributed by atoms with Gasteiger partial charge in [-0.05, 0) is 61.8 Å². The van der Waals surface area contributed by atoms with Crippen LogP contribution in [0, 0.1) is 11.8 Å². The molecule has 1 saturated heterocycles. The van der Waals surface area contributed by atoms with E-state index in [9.17, 15) is 14.4 Å². The average molecular weight is 500 g/mol. The SMILES string of the molecule is CC(C)Cc1ccc(C(=O)C2CCN(C(=O)c3ccc4c(=O)n5c(nc4c3)CCCCCC5)CC2)cc1. The predicted molar refractivity (Wildman–Crippen MR) is 146 cm³/mol. The monoisotopic (exact) mass is 499 g/mol.